The Bertz CT molecular complexity index is 441. The normalized spacial score (nSPS) is 11.3. The van der Waals surface area contributed by atoms with Gasteiger partial charge in [-0.3, -0.25) is 9.36 Å². The average Bonchev–Trinajstić information content (AvgIpc) is 2.39. The Labute approximate surface area is 111 Å². The minimum atomic E-state index is -3.07. The van der Waals surface area contributed by atoms with E-state index in [0.717, 1.165) is 0 Å². The van der Waals surface area contributed by atoms with Crippen molar-refractivity contribution < 1.29 is 18.4 Å². The highest BCUT2D eigenvalue weighted by molar-refractivity contribution is 7.53. The zero-order chi connectivity index (χ0) is 13.6. The fourth-order valence-corrected chi connectivity index (χ4v) is 2.29. The number of carbonyl (C=O) groups is 1. The molecule has 0 saturated carbocycles. The predicted molar refractivity (Wildman–Crippen MR) is 70.3 cm³/mol. The van der Waals surface area contributed by atoms with Crippen LogP contribution in [0.25, 0.3) is 0 Å². The van der Waals surface area contributed by atoms with E-state index in [9.17, 15) is 9.36 Å². The molecule has 1 rings (SSSR count). The molecule has 0 saturated heterocycles. The van der Waals surface area contributed by atoms with Crippen LogP contribution < -0.4 is 5.32 Å². The first-order valence-corrected chi connectivity index (χ1v) is 7.35. The van der Waals surface area contributed by atoms with Crippen molar-refractivity contribution in [2.45, 2.75) is 0 Å². The molecule has 5 nitrogen and oxygen atoms in total. The van der Waals surface area contributed by atoms with Crippen LogP contribution in [0, 0.1) is 0 Å². The largest absolute Gasteiger partial charge is 0.351 e. The molecule has 0 aliphatic rings. The molecule has 0 radical (unpaired) electrons. The van der Waals surface area contributed by atoms with Gasteiger partial charge in [-0.2, -0.15) is 0 Å². The number of hydrogen-bond donors (Lipinski definition) is 1. The fourth-order valence-electron chi connectivity index (χ4n) is 1.27. The molecule has 100 valence electrons. The van der Waals surface area contributed by atoms with E-state index in [1.165, 1.54) is 14.2 Å². The van der Waals surface area contributed by atoms with Crippen molar-refractivity contribution in [2.75, 3.05) is 26.9 Å². The van der Waals surface area contributed by atoms with Gasteiger partial charge in [0.05, 0.1) is 6.16 Å². The van der Waals surface area contributed by atoms with E-state index in [4.69, 9.17) is 20.6 Å². The second-order valence-corrected chi connectivity index (χ2v) is 6.30. The molecule has 0 aromatic heterocycles. The molecular formula is C11H15ClNO4P. The number of rotatable bonds is 6. The first-order chi connectivity index (χ1) is 8.50. The molecule has 0 fully saturated rings. The van der Waals surface area contributed by atoms with Gasteiger partial charge >= 0.3 is 7.60 Å². The van der Waals surface area contributed by atoms with Gasteiger partial charge in [-0.25, -0.2) is 0 Å². The van der Waals surface area contributed by atoms with E-state index in [1.54, 1.807) is 24.3 Å². The summed E-state index contributed by atoms with van der Waals surface area (Å²) in [5.74, 6) is -0.259. The number of benzene rings is 1. The van der Waals surface area contributed by atoms with Crippen LogP contribution in [0.2, 0.25) is 5.02 Å². The Balaban J connectivity index is 2.47. The third-order valence-corrected chi connectivity index (χ3v) is 4.47. The molecule has 1 N–H and O–H groups in total. The monoisotopic (exact) mass is 291 g/mol. The molecule has 0 aliphatic carbocycles. The average molecular weight is 292 g/mol. The van der Waals surface area contributed by atoms with E-state index in [-0.39, 0.29) is 18.6 Å². The summed E-state index contributed by atoms with van der Waals surface area (Å²) in [6.07, 6.45) is 0.124. The van der Waals surface area contributed by atoms with Crippen molar-refractivity contribution in [3.05, 3.63) is 34.9 Å². The number of hydrogen-bond acceptors (Lipinski definition) is 4. The van der Waals surface area contributed by atoms with Gasteiger partial charge in [0.1, 0.15) is 0 Å². The molecular weight excluding hydrogens is 277 g/mol. The van der Waals surface area contributed by atoms with Gasteiger partial charge < -0.3 is 14.4 Å². The lowest BCUT2D eigenvalue weighted by molar-refractivity contribution is 0.0955. The third-order valence-electron chi connectivity index (χ3n) is 2.33. The Hall–Kier alpha value is -0.870. The molecule has 0 heterocycles. The molecule has 0 aliphatic heterocycles. The molecule has 0 atom stereocenters. The SMILES string of the molecule is COP(=O)(CCNC(=O)c1ccc(Cl)cc1)OC. The highest BCUT2D eigenvalue weighted by atomic mass is 35.5. The number of carbonyl (C=O) groups excluding carboxylic acids is 1. The van der Waals surface area contributed by atoms with E-state index in [2.05, 4.69) is 5.32 Å². The maximum Gasteiger partial charge on any atom is 0.331 e. The molecule has 0 bridgehead atoms. The topological polar surface area (TPSA) is 64.6 Å². The van der Waals surface area contributed by atoms with Gasteiger partial charge in [0.15, 0.2) is 0 Å². The molecule has 0 spiro atoms. The fraction of sp³-hybridized carbons (Fsp3) is 0.364. The number of halogens is 1. The Morgan fingerprint density at radius 3 is 2.33 bits per heavy atom. The van der Waals surface area contributed by atoms with Crippen LogP contribution >= 0.6 is 19.2 Å². The summed E-state index contributed by atoms with van der Waals surface area (Å²) in [6, 6.07) is 6.49. The molecule has 7 heteroatoms. The van der Waals surface area contributed by atoms with Crippen LogP contribution in [0.4, 0.5) is 0 Å². The number of amides is 1. The van der Waals surface area contributed by atoms with Crippen molar-refractivity contribution in [2.24, 2.45) is 0 Å². The quantitative estimate of drug-likeness (QED) is 0.818. The van der Waals surface area contributed by atoms with Gasteiger partial charge in [0.2, 0.25) is 0 Å². The van der Waals surface area contributed by atoms with Crippen molar-refractivity contribution >= 4 is 25.1 Å². The summed E-state index contributed by atoms with van der Waals surface area (Å²) in [5.41, 5.74) is 0.490. The van der Waals surface area contributed by atoms with Gasteiger partial charge in [-0.15, -0.1) is 0 Å². The smallest absolute Gasteiger partial charge is 0.331 e. The minimum absolute atomic E-state index is 0.124. The maximum absolute atomic E-state index is 11.7. The summed E-state index contributed by atoms with van der Waals surface area (Å²) in [6.45, 7) is 0.209. The lowest BCUT2D eigenvalue weighted by atomic mass is 10.2. The zero-order valence-corrected chi connectivity index (χ0v) is 11.8. The Morgan fingerprint density at radius 2 is 1.83 bits per heavy atom. The Kier molecular flexibility index (Phi) is 5.82. The van der Waals surface area contributed by atoms with Gasteiger partial charge in [-0.05, 0) is 24.3 Å². The highest BCUT2D eigenvalue weighted by Crippen LogP contribution is 2.45. The van der Waals surface area contributed by atoms with Crippen LogP contribution in [-0.4, -0.2) is 32.8 Å². The summed E-state index contributed by atoms with van der Waals surface area (Å²) in [7, 11) is -0.451. The van der Waals surface area contributed by atoms with Crippen molar-refractivity contribution in [1.82, 2.24) is 5.32 Å². The van der Waals surface area contributed by atoms with Crippen LogP contribution in [0.1, 0.15) is 10.4 Å². The van der Waals surface area contributed by atoms with Crippen molar-refractivity contribution in [3.8, 4) is 0 Å². The van der Waals surface area contributed by atoms with E-state index >= 15 is 0 Å². The lowest BCUT2D eigenvalue weighted by Crippen LogP contribution is -2.26. The molecule has 1 amide bonds. The first-order valence-electron chi connectivity index (χ1n) is 5.25. The van der Waals surface area contributed by atoms with E-state index in [0.29, 0.717) is 10.6 Å². The van der Waals surface area contributed by atoms with Gasteiger partial charge in [0, 0.05) is 31.4 Å². The second kappa shape index (κ2) is 6.90. The van der Waals surface area contributed by atoms with Crippen molar-refractivity contribution in [1.29, 1.82) is 0 Å². The Morgan fingerprint density at radius 1 is 1.28 bits per heavy atom. The first kappa shape index (κ1) is 15.2. The molecule has 1 aromatic carbocycles. The van der Waals surface area contributed by atoms with Gasteiger partial charge in [0.25, 0.3) is 5.91 Å². The molecule has 0 unspecified atom stereocenters. The van der Waals surface area contributed by atoms with Crippen molar-refractivity contribution in [3.63, 3.8) is 0 Å². The molecule has 18 heavy (non-hydrogen) atoms. The standard InChI is InChI=1S/C11H15ClNO4P/c1-16-18(15,17-2)8-7-13-11(14)9-3-5-10(12)6-4-9/h3-6H,7-8H2,1-2H3,(H,13,14). The van der Waals surface area contributed by atoms with Crippen LogP contribution in [0.3, 0.4) is 0 Å². The highest BCUT2D eigenvalue weighted by Gasteiger charge is 2.20. The second-order valence-electron chi connectivity index (χ2n) is 3.46. The zero-order valence-electron chi connectivity index (χ0n) is 10.2. The summed E-state index contributed by atoms with van der Waals surface area (Å²) in [4.78, 5) is 11.7. The predicted octanol–water partition coefficient (Wildman–Crippen LogP) is 2.56. The van der Waals surface area contributed by atoms with E-state index in [1.807, 2.05) is 0 Å². The summed E-state index contributed by atoms with van der Waals surface area (Å²) < 4.78 is 21.2. The summed E-state index contributed by atoms with van der Waals surface area (Å²) >= 11 is 5.72. The third kappa shape index (κ3) is 4.42. The number of nitrogens with one attached hydrogen (secondary N) is 1. The summed E-state index contributed by atoms with van der Waals surface area (Å²) in [5, 5.41) is 3.19. The minimum Gasteiger partial charge on any atom is -0.351 e. The van der Waals surface area contributed by atoms with Crippen LogP contribution in [0.15, 0.2) is 24.3 Å². The van der Waals surface area contributed by atoms with Gasteiger partial charge in [-0.1, -0.05) is 11.6 Å². The maximum atomic E-state index is 11.7. The van der Waals surface area contributed by atoms with E-state index < -0.39 is 7.60 Å². The molecule has 1 aromatic rings. The van der Waals surface area contributed by atoms with Crippen LogP contribution in [0.5, 0.6) is 0 Å². The van der Waals surface area contributed by atoms with Crippen LogP contribution in [-0.2, 0) is 13.6 Å². The lowest BCUT2D eigenvalue weighted by Gasteiger charge is -2.13.